The van der Waals surface area contributed by atoms with Gasteiger partial charge < -0.3 is 15.2 Å². The highest BCUT2D eigenvalue weighted by Crippen LogP contribution is 2.22. The highest BCUT2D eigenvalue weighted by Gasteiger charge is 2.19. The third-order valence-corrected chi connectivity index (χ3v) is 5.74. The Morgan fingerprint density at radius 3 is 2.37 bits per heavy atom. The number of nitrogens with zero attached hydrogens (tertiary/aromatic N) is 3. The van der Waals surface area contributed by atoms with Gasteiger partial charge >= 0.3 is 0 Å². The lowest BCUT2D eigenvalue weighted by molar-refractivity contribution is -0.113. The summed E-state index contributed by atoms with van der Waals surface area (Å²) in [5.74, 6) is 0.558. The summed E-state index contributed by atoms with van der Waals surface area (Å²) in [6.07, 6.45) is 0. The summed E-state index contributed by atoms with van der Waals surface area (Å²) in [5.41, 5.74) is 3.48. The molecule has 2 N–H and O–H groups in total. The molecule has 3 rings (SSSR count). The molecule has 3 aromatic rings. The molecule has 0 aliphatic rings. The molecule has 8 heteroatoms. The molecule has 0 aliphatic heterocycles. The molecular weight excluding hydrogens is 398 g/mol. The van der Waals surface area contributed by atoms with Crippen molar-refractivity contribution in [3.8, 4) is 0 Å². The molecule has 30 heavy (non-hydrogen) atoms. The topological polar surface area (TPSA) is 88.9 Å². The van der Waals surface area contributed by atoms with Crippen LogP contribution < -0.4 is 10.6 Å². The van der Waals surface area contributed by atoms with Gasteiger partial charge in [-0.15, -0.1) is 10.2 Å². The number of hydrogen-bond donors (Lipinski definition) is 2. The smallest absolute Gasteiger partial charge is 0.251 e. The van der Waals surface area contributed by atoms with Crippen LogP contribution in [-0.4, -0.2) is 32.3 Å². The van der Waals surface area contributed by atoms with Gasteiger partial charge in [-0.1, -0.05) is 48.2 Å². The maximum atomic E-state index is 12.4. The lowest BCUT2D eigenvalue weighted by Gasteiger charge is -2.14. The third kappa shape index (κ3) is 5.07. The summed E-state index contributed by atoms with van der Waals surface area (Å²) >= 11 is 1.30. The average molecular weight is 424 g/mol. The van der Waals surface area contributed by atoms with Gasteiger partial charge in [0.25, 0.3) is 5.91 Å². The van der Waals surface area contributed by atoms with Crippen molar-refractivity contribution in [3.63, 3.8) is 0 Å². The van der Waals surface area contributed by atoms with E-state index in [0.717, 1.165) is 16.8 Å². The lowest BCUT2D eigenvalue weighted by Crippen LogP contribution is -2.28. The van der Waals surface area contributed by atoms with E-state index in [1.54, 1.807) is 16.7 Å². The van der Waals surface area contributed by atoms with Gasteiger partial charge in [-0.25, -0.2) is 0 Å². The fourth-order valence-corrected chi connectivity index (χ4v) is 3.80. The van der Waals surface area contributed by atoms with Gasteiger partial charge in [-0.05, 0) is 44.0 Å². The van der Waals surface area contributed by atoms with E-state index < -0.39 is 0 Å². The van der Waals surface area contributed by atoms with Crippen molar-refractivity contribution in [2.75, 3.05) is 11.1 Å². The Morgan fingerprint density at radius 2 is 1.70 bits per heavy atom. The molecule has 2 amide bonds. The van der Waals surface area contributed by atoms with E-state index >= 15 is 0 Å². The Bertz CT molecular complexity index is 1030. The number of para-hydroxylation sites is 1. The number of aromatic nitrogens is 3. The largest absolute Gasteiger partial charge is 0.342 e. The first-order valence-electron chi connectivity index (χ1n) is 9.61. The van der Waals surface area contributed by atoms with E-state index in [1.165, 1.54) is 11.8 Å². The van der Waals surface area contributed by atoms with Crippen LogP contribution in [-0.2, 0) is 11.8 Å². The molecule has 7 nitrogen and oxygen atoms in total. The molecular formula is C22H25N5O2S. The number of carbonyl (C=O) groups is 2. The Balaban J connectivity index is 1.59. The molecule has 1 atom stereocenters. The Morgan fingerprint density at radius 1 is 1.03 bits per heavy atom. The maximum Gasteiger partial charge on any atom is 0.251 e. The first-order valence-corrected chi connectivity index (χ1v) is 10.6. The Kier molecular flexibility index (Phi) is 6.89. The van der Waals surface area contributed by atoms with Crippen molar-refractivity contribution in [1.82, 2.24) is 20.1 Å². The number of rotatable bonds is 7. The van der Waals surface area contributed by atoms with Crippen molar-refractivity contribution in [2.24, 2.45) is 7.05 Å². The molecule has 1 heterocycles. The van der Waals surface area contributed by atoms with Crippen LogP contribution >= 0.6 is 11.8 Å². The zero-order valence-corrected chi connectivity index (χ0v) is 18.3. The molecule has 0 aliphatic carbocycles. The van der Waals surface area contributed by atoms with Crippen LogP contribution in [0, 0.1) is 13.8 Å². The van der Waals surface area contributed by atoms with Crippen molar-refractivity contribution in [2.45, 2.75) is 32.0 Å². The summed E-state index contributed by atoms with van der Waals surface area (Å²) in [4.78, 5) is 24.8. The van der Waals surface area contributed by atoms with Crippen LogP contribution in [0.25, 0.3) is 0 Å². The highest BCUT2D eigenvalue weighted by molar-refractivity contribution is 7.99. The second-order valence-corrected chi connectivity index (χ2v) is 8.01. The van der Waals surface area contributed by atoms with Gasteiger partial charge in [0.05, 0.1) is 11.8 Å². The maximum absolute atomic E-state index is 12.4. The number of thioether (sulfide) groups is 1. The fourth-order valence-electron chi connectivity index (χ4n) is 3.08. The Labute approximate surface area is 180 Å². The van der Waals surface area contributed by atoms with Gasteiger partial charge in [0, 0.05) is 18.3 Å². The summed E-state index contributed by atoms with van der Waals surface area (Å²) in [6.45, 7) is 5.79. The van der Waals surface area contributed by atoms with E-state index in [0.29, 0.717) is 16.5 Å². The molecule has 0 bridgehead atoms. The number of benzene rings is 2. The molecule has 0 saturated carbocycles. The molecule has 156 valence electrons. The van der Waals surface area contributed by atoms with Crippen molar-refractivity contribution >= 4 is 29.3 Å². The van der Waals surface area contributed by atoms with E-state index in [-0.39, 0.29) is 23.6 Å². The number of aryl methyl sites for hydroxylation is 2. The van der Waals surface area contributed by atoms with Crippen LogP contribution in [0.15, 0.2) is 53.7 Å². The predicted molar refractivity (Wildman–Crippen MR) is 119 cm³/mol. The van der Waals surface area contributed by atoms with E-state index in [1.807, 2.05) is 64.2 Å². The van der Waals surface area contributed by atoms with Gasteiger partial charge in [-0.2, -0.15) is 0 Å². The van der Waals surface area contributed by atoms with Crippen LogP contribution in [0.1, 0.15) is 40.3 Å². The van der Waals surface area contributed by atoms with Gasteiger partial charge in [0.2, 0.25) is 5.91 Å². The minimum atomic E-state index is -0.326. The standard InChI is InChI=1S/C22H25N5O2S/c1-14-9-8-10-15(2)19(14)24-18(28)13-30-22-26-25-20(27(22)4)16(3)23-21(29)17-11-6-5-7-12-17/h5-12,16H,13H2,1-4H3,(H,23,29)(H,24,28)/t16-/m1/s1. The number of carbonyl (C=O) groups excluding carboxylic acids is 2. The number of hydrogen-bond acceptors (Lipinski definition) is 5. The summed E-state index contributed by atoms with van der Waals surface area (Å²) in [5, 5.41) is 14.9. The van der Waals surface area contributed by atoms with E-state index in [2.05, 4.69) is 20.8 Å². The first-order chi connectivity index (χ1) is 14.4. The van der Waals surface area contributed by atoms with Crippen molar-refractivity contribution in [3.05, 3.63) is 71.0 Å². The lowest BCUT2D eigenvalue weighted by atomic mass is 10.1. The number of amides is 2. The monoisotopic (exact) mass is 423 g/mol. The summed E-state index contributed by atoms with van der Waals surface area (Å²) < 4.78 is 1.80. The third-order valence-electron chi connectivity index (χ3n) is 4.72. The number of anilines is 1. The molecule has 0 saturated heterocycles. The zero-order chi connectivity index (χ0) is 21.7. The van der Waals surface area contributed by atoms with Gasteiger partial charge in [0.1, 0.15) is 0 Å². The second kappa shape index (κ2) is 9.58. The summed E-state index contributed by atoms with van der Waals surface area (Å²) in [6, 6.07) is 14.6. The highest BCUT2D eigenvalue weighted by atomic mass is 32.2. The zero-order valence-electron chi connectivity index (χ0n) is 17.5. The molecule has 0 fully saturated rings. The van der Waals surface area contributed by atoms with E-state index in [4.69, 9.17) is 0 Å². The minimum Gasteiger partial charge on any atom is -0.342 e. The first kappa shape index (κ1) is 21.6. The van der Waals surface area contributed by atoms with E-state index in [9.17, 15) is 9.59 Å². The SMILES string of the molecule is Cc1cccc(C)c1NC(=O)CSc1nnc([C@@H](C)NC(=O)c2ccccc2)n1C. The van der Waals surface area contributed by atoms with Crippen LogP contribution in [0.4, 0.5) is 5.69 Å². The molecule has 2 aromatic carbocycles. The summed E-state index contributed by atoms with van der Waals surface area (Å²) in [7, 11) is 1.83. The predicted octanol–water partition coefficient (Wildman–Crippen LogP) is 3.65. The molecule has 0 radical (unpaired) electrons. The van der Waals surface area contributed by atoms with Gasteiger partial charge in [-0.3, -0.25) is 9.59 Å². The minimum absolute atomic E-state index is 0.104. The quantitative estimate of drug-likeness (QED) is 0.566. The van der Waals surface area contributed by atoms with Crippen LogP contribution in [0.5, 0.6) is 0 Å². The normalized spacial score (nSPS) is 11.7. The number of nitrogens with one attached hydrogen (secondary N) is 2. The van der Waals surface area contributed by atoms with Crippen LogP contribution in [0.3, 0.4) is 0 Å². The van der Waals surface area contributed by atoms with Gasteiger partial charge in [0.15, 0.2) is 11.0 Å². The molecule has 0 unspecified atom stereocenters. The van der Waals surface area contributed by atoms with Crippen molar-refractivity contribution in [1.29, 1.82) is 0 Å². The van der Waals surface area contributed by atoms with Crippen molar-refractivity contribution < 1.29 is 9.59 Å². The Hall–Kier alpha value is -3.13. The fraction of sp³-hybridized carbons (Fsp3) is 0.273. The van der Waals surface area contributed by atoms with Crippen LogP contribution in [0.2, 0.25) is 0 Å². The average Bonchev–Trinajstić information content (AvgIpc) is 3.10. The molecule has 0 spiro atoms. The second-order valence-electron chi connectivity index (χ2n) is 7.06. The molecule has 1 aromatic heterocycles.